The Bertz CT molecular complexity index is 266. The fraction of sp³-hybridized carbons (Fsp3) is 0.818. The number of carbonyl (C=O) groups is 2. The Morgan fingerprint density at radius 1 is 1.56 bits per heavy atom. The van der Waals surface area contributed by atoms with Crippen LogP contribution < -0.4 is 0 Å². The molecule has 0 atom stereocenters. The summed E-state index contributed by atoms with van der Waals surface area (Å²) in [6, 6.07) is 0.0531. The van der Waals surface area contributed by atoms with Crippen LogP contribution in [0.1, 0.15) is 26.7 Å². The third-order valence-corrected chi connectivity index (χ3v) is 2.78. The molecule has 0 aromatic heterocycles. The van der Waals surface area contributed by atoms with Crippen molar-refractivity contribution in [3.05, 3.63) is 0 Å². The monoisotopic (exact) mass is 228 g/mol. The summed E-state index contributed by atoms with van der Waals surface area (Å²) in [7, 11) is 0. The van der Waals surface area contributed by atoms with Crippen LogP contribution >= 0.6 is 0 Å². The number of likely N-dealkylation sites (tertiary alicyclic amines) is 1. The van der Waals surface area contributed by atoms with Crippen molar-refractivity contribution in [1.82, 2.24) is 9.80 Å². The molecule has 0 radical (unpaired) electrons. The van der Waals surface area contributed by atoms with Gasteiger partial charge < -0.3 is 14.9 Å². The minimum atomic E-state index is -0.0840. The number of rotatable bonds is 5. The first-order valence-electron chi connectivity index (χ1n) is 5.74. The molecule has 0 unspecified atom stereocenters. The molecule has 92 valence electrons. The van der Waals surface area contributed by atoms with Crippen LogP contribution in [0, 0.1) is 0 Å². The van der Waals surface area contributed by atoms with Gasteiger partial charge in [0.1, 0.15) is 0 Å². The zero-order chi connectivity index (χ0) is 12.1. The molecule has 5 nitrogen and oxygen atoms in total. The lowest BCUT2D eigenvalue weighted by molar-refractivity contribution is -0.139. The average Bonchev–Trinajstić information content (AvgIpc) is 2.60. The van der Waals surface area contributed by atoms with Crippen LogP contribution in [0.4, 0.5) is 0 Å². The van der Waals surface area contributed by atoms with Crippen molar-refractivity contribution < 1.29 is 14.7 Å². The largest absolute Gasteiger partial charge is 0.395 e. The zero-order valence-electron chi connectivity index (χ0n) is 9.98. The molecule has 1 heterocycles. The van der Waals surface area contributed by atoms with E-state index < -0.39 is 0 Å². The summed E-state index contributed by atoms with van der Waals surface area (Å²) >= 11 is 0. The van der Waals surface area contributed by atoms with Crippen molar-refractivity contribution >= 4 is 11.8 Å². The van der Waals surface area contributed by atoms with Gasteiger partial charge in [-0.05, 0) is 20.3 Å². The summed E-state index contributed by atoms with van der Waals surface area (Å²) in [4.78, 5) is 26.5. The summed E-state index contributed by atoms with van der Waals surface area (Å²) in [6.45, 7) is 4.92. The average molecular weight is 228 g/mol. The van der Waals surface area contributed by atoms with E-state index in [9.17, 15) is 9.59 Å². The van der Waals surface area contributed by atoms with E-state index in [-0.39, 0.29) is 31.0 Å². The lowest BCUT2D eigenvalue weighted by Gasteiger charge is -2.28. The standard InChI is InChI=1S/C11H20N2O3/c1-9(2)13(6-7-14)11(16)8-12-5-3-4-10(12)15/h9,14H,3-8H2,1-2H3. The zero-order valence-corrected chi connectivity index (χ0v) is 9.98. The topological polar surface area (TPSA) is 60.9 Å². The van der Waals surface area contributed by atoms with Crippen LogP contribution in [-0.4, -0.2) is 59.0 Å². The minimum Gasteiger partial charge on any atom is -0.395 e. The van der Waals surface area contributed by atoms with E-state index in [0.29, 0.717) is 19.5 Å². The Kier molecular flexibility index (Phi) is 4.73. The van der Waals surface area contributed by atoms with Gasteiger partial charge in [0, 0.05) is 25.6 Å². The summed E-state index contributed by atoms with van der Waals surface area (Å²) < 4.78 is 0. The first kappa shape index (κ1) is 13.0. The van der Waals surface area contributed by atoms with E-state index in [2.05, 4.69) is 0 Å². The first-order chi connectivity index (χ1) is 7.56. The third kappa shape index (κ3) is 3.20. The quantitative estimate of drug-likeness (QED) is 0.711. The smallest absolute Gasteiger partial charge is 0.242 e. The van der Waals surface area contributed by atoms with Crippen molar-refractivity contribution in [2.24, 2.45) is 0 Å². The Balaban J connectivity index is 2.51. The molecular formula is C11H20N2O3. The van der Waals surface area contributed by atoms with Crippen molar-refractivity contribution in [2.45, 2.75) is 32.7 Å². The van der Waals surface area contributed by atoms with Gasteiger partial charge in [-0.15, -0.1) is 0 Å². The molecule has 0 bridgehead atoms. The highest BCUT2D eigenvalue weighted by Crippen LogP contribution is 2.10. The van der Waals surface area contributed by atoms with Crippen LogP contribution in [0.15, 0.2) is 0 Å². The number of aliphatic hydroxyl groups excluding tert-OH is 1. The predicted molar refractivity (Wildman–Crippen MR) is 59.7 cm³/mol. The van der Waals surface area contributed by atoms with Gasteiger partial charge in [0.25, 0.3) is 0 Å². The van der Waals surface area contributed by atoms with Crippen LogP contribution in [-0.2, 0) is 9.59 Å². The highest BCUT2D eigenvalue weighted by Gasteiger charge is 2.25. The molecular weight excluding hydrogens is 208 g/mol. The first-order valence-corrected chi connectivity index (χ1v) is 5.74. The van der Waals surface area contributed by atoms with Gasteiger partial charge in [-0.25, -0.2) is 0 Å². The highest BCUT2D eigenvalue weighted by molar-refractivity contribution is 5.86. The summed E-state index contributed by atoms with van der Waals surface area (Å²) in [6.07, 6.45) is 1.39. The number of amides is 2. The highest BCUT2D eigenvalue weighted by atomic mass is 16.3. The van der Waals surface area contributed by atoms with Gasteiger partial charge in [-0.1, -0.05) is 0 Å². The third-order valence-electron chi connectivity index (χ3n) is 2.78. The lowest BCUT2D eigenvalue weighted by Crippen LogP contribution is -2.45. The van der Waals surface area contributed by atoms with E-state index in [0.717, 1.165) is 6.42 Å². The van der Waals surface area contributed by atoms with E-state index in [1.807, 2.05) is 13.8 Å². The Hall–Kier alpha value is -1.10. The molecule has 1 aliphatic rings. The molecule has 1 N–H and O–H groups in total. The number of carbonyl (C=O) groups excluding carboxylic acids is 2. The molecule has 1 aliphatic heterocycles. The van der Waals surface area contributed by atoms with Crippen molar-refractivity contribution in [2.75, 3.05) is 26.2 Å². The predicted octanol–water partition coefficient (Wildman–Crippen LogP) is -0.162. The fourth-order valence-corrected chi connectivity index (χ4v) is 1.90. The Labute approximate surface area is 96.0 Å². The van der Waals surface area contributed by atoms with E-state index in [1.165, 1.54) is 0 Å². The van der Waals surface area contributed by atoms with E-state index in [4.69, 9.17) is 5.11 Å². The number of nitrogens with zero attached hydrogens (tertiary/aromatic N) is 2. The number of hydrogen-bond acceptors (Lipinski definition) is 3. The maximum Gasteiger partial charge on any atom is 0.242 e. The summed E-state index contributed by atoms with van der Waals surface area (Å²) in [5.41, 5.74) is 0. The van der Waals surface area contributed by atoms with Crippen molar-refractivity contribution in [3.8, 4) is 0 Å². The molecule has 0 spiro atoms. The van der Waals surface area contributed by atoms with Crippen LogP contribution in [0.5, 0.6) is 0 Å². The van der Waals surface area contributed by atoms with Gasteiger partial charge in [0.15, 0.2) is 0 Å². The van der Waals surface area contributed by atoms with E-state index >= 15 is 0 Å². The Morgan fingerprint density at radius 2 is 2.25 bits per heavy atom. The normalized spacial score (nSPS) is 16.0. The molecule has 1 rings (SSSR count). The number of aliphatic hydroxyl groups is 1. The second-order valence-corrected chi connectivity index (χ2v) is 4.32. The van der Waals surface area contributed by atoms with Crippen LogP contribution in [0.25, 0.3) is 0 Å². The fourth-order valence-electron chi connectivity index (χ4n) is 1.90. The maximum atomic E-state index is 11.9. The van der Waals surface area contributed by atoms with Crippen LogP contribution in [0.2, 0.25) is 0 Å². The van der Waals surface area contributed by atoms with Crippen molar-refractivity contribution in [3.63, 3.8) is 0 Å². The van der Waals surface area contributed by atoms with E-state index in [1.54, 1.807) is 9.80 Å². The summed E-state index contributed by atoms with van der Waals surface area (Å²) in [5.74, 6) is -0.0274. The van der Waals surface area contributed by atoms with Crippen molar-refractivity contribution in [1.29, 1.82) is 0 Å². The maximum absolute atomic E-state index is 11.9. The molecule has 16 heavy (non-hydrogen) atoms. The SMILES string of the molecule is CC(C)N(CCO)C(=O)CN1CCCC1=O. The van der Waals surface area contributed by atoms with Gasteiger partial charge in [-0.2, -0.15) is 0 Å². The van der Waals surface area contributed by atoms with Gasteiger partial charge in [0.2, 0.25) is 11.8 Å². The molecule has 0 aromatic rings. The number of hydrogen-bond donors (Lipinski definition) is 1. The molecule has 0 aliphatic carbocycles. The molecule has 0 saturated carbocycles. The second-order valence-electron chi connectivity index (χ2n) is 4.32. The summed E-state index contributed by atoms with van der Waals surface area (Å²) in [5, 5.41) is 8.87. The van der Waals surface area contributed by atoms with Crippen LogP contribution in [0.3, 0.4) is 0 Å². The second kappa shape index (κ2) is 5.84. The molecule has 1 fully saturated rings. The Morgan fingerprint density at radius 3 is 2.69 bits per heavy atom. The lowest BCUT2D eigenvalue weighted by atomic mass is 10.3. The molecule has 2 amide bonds. The molecule has 5 heteroatoms. The van der Waals surface area contributed by atoms with Gasteiger partial charge in [0.05, 0.1) is 13.2 Å². The van der Waals surface area contributed by atoms with Gasteiger partial charge >= 0.3 is 0 Å². The molecule has 0 aromatic carbocycles. The van der Waals surface area contributed by atoms with Gasteiger partial charge in [-0.3, -0.25) is 9.59 Å². The minimum absolute atomic E-state index is 0.0438. The molecule has 1 saturated heterocycles.